The number of fused-ring (bicyclic) bond motifs is 3. The number of amides is 3. The Balaban J connectivity index is 1.40. The molecule has 3 fully saturated rings. The van der Waals surface area contributed by atoms with Crippen molar-refractivity contribution >= 4 is 47.1 Å². The SMILES string of the molecule is O=C(NC1CCCC1)c1sc(=S)n2c1NC(=O)C1CCC(C(=O)NC3CC3)CC12. The van der Waals surface area contributed by atoms with Gasteiger partial charge in [-0.1, -0.05) is 24.2 Å². The Kier molecular flexibility index (Phi) is 4.98. The molecule has 9 heteroatoms. The van der Waals surface area contributed by atoms with Crippen molar-refractivity contribution in [1.29, 1.82) is 0 Å². The van der Waals surface area contributed by atoms with E-state index in [9.17, 15) is 14.4 Å². The van der Waals surface area contributed by atoms with Crippen molar-refractivity contribution in [3.05, 3.63) is 8.83 Å². The van der Waals surface area contributed by atoms with Gasteiger partial charge >= 0.3 is 0 Å². The van der Waals surface area contributed by atoms with Gasteiger partial charge in [0.1, 0.15) is 10.7 Å². The molecular weight excluding hydrogens is 408 g/mol. The van der Waals surface area contributed by atoms with Crippen LogP contribution in [0.5, 0.6) is 0 Å². The van der Waals surface area contributed by atoms with Crippen LogP contribution in [0.4, 0.5) is 5.82 Å². The van der Waals surface area contributed by atoms with Crippen molar-refractivity contribution in [1.82, 2.24) is 15.2 Å². The fourth-order valence-corrected chi connectivity index (χ4v) is 6.38. The summed E-state index contributed by atoms with van der Waals surface area (Å²) < 4.78 is 2.53. The number of anilines is 1. The molecule has 0 spiro atoms. The van der Waals surface area contributed by atoms with Crippen molar-refractivity contribution < 1.29 is 14.4 Å². The van der Waals surface area contributed by atoms with Gasteiger partial charge in [-0.3, -0.25) is 14.4 Å². The van der Waals surface area contributed by atoms with Crippen LogP contribution in [-0.4, -0.2) is 34.4 Å². The molecule has 3 N–H and O–H groups in total. The largest absolute Gasteiger partial charge is 0.353 e. The average Bonchev–Trinajstić information content (AvgIpc) is 3.24. The smallest absolute Gasteiger partial charge is 0.265 e. The molecule has 0 bridgehead atoms. The van der Waals surface area contributed by atoms with Crippen molar-refractivity contribution in [2.45, 2.75) is 75.9 Å². The lowest BCUT2D eigenvalue weighted by atomic mass is 9.76. The molecule has 3 unspecified atom stereocenters. The molecule has 1 aromatic heterocycles. The van der Waals surface area contributed by atoms with Crippen LogP contribution in [0.2, 0.25) is 0 Å². The van der Waals surface area contributed by atoms with Crippen LogP contribution in [0.1, 0.15) is 73.5 Å². The lowest BCUT2D eigenvalue weighted by Gasteiger charge is -2.39. The van der Waals surface area contributed by atoms with Gasteiger partial charge in [-0.15, -0.1) is 0 Å². The zero-order valence-corrected chi connectivity index (χ0v) is 17.9. The lowest BCUT2D eigenvalue weighted by molar-refractivity contribution is -0.130. The maximum absolute atomic E-state index is 12.9. The number of hydrogen-bond donors (Lipinski definition) is 3. The number of thiazole rings is 1. The third-order valence-electron chi connectivity index (χ3n) is 6.76. The zero-order chi connectivity index (χ0) is 20.1. The third-order valence-corrected chi connectivity index (χ3v) is 8.16. The monoisotopic (exact) mass is 434 g/mol. The van der Waals surface area contributed by atoms with E-state index in [1.54, 1.807) is 0 Å². The molecule has 4 aliphatic rings. The molecule has 3 aliphatic carbocycles. The summed E-state index contributed by atoms with van der Waals surface area (Å²) in [6.07, 6.45) is 8.38. The second-order valence-corrected chi connectivity index (χ2v) is 10.5. The normalized spacial score (nSPS) is 29.0. The first-order valence-corrected chi connectivity index (χ1v) is 11.9. The fourth-order valence-electron chi connectivity index (χ4n) is 5.01. The molecule has 5 rings (SSSR count). The lowest BCUT2D eigenvalue weighted by Crippen LogP contribution is -2.44. The number of aromatic nitrogens is 1. The number of carbonyl (C=O) groups is 3. The van der Waals surface area contributed by atoms with E-state index in [-0.39, 0.29) is 41.6 Å². The van der Waals surface area contributed by atoms with E-state index in [4.69, 9.17) is 12.2 Å². The molecule has 1 aromatic rings. The van der Waals surface area contributed by atoms with Gasteiger partial charge in [0.05, 0.1) is 5.92 Å². The summed E-state index contributed by atoms with van der Waals surface area (Å²) in [5.41, 5.74) is 0. The van der Waals surface area contributed by atoms with Crippen LogP contribution in [-0.2, 0) is 9.59 Å². The summed E-state index contributed by atoms with van der Waals surface area (Å²) in [5.74, 6) is 0.107. The molecule has 3 amide bonds. The van der Waals surface area contributed by atoms with Gasteiger partial charge in [-0.05, 0) is 57.2 Å². The number of nitrogens with one attached hydrogen (secondary N) is 3. The van der Waals surface area contributed by atoms with Gasteiger partial charge in [0.2, 0.25) is 11.8 Å². The van der Waals surface area contributed by atoms with Crippen molar-refractivity contribution in [3.8, 4) is 0 Å². The number of rotatable bonds is 4. The van der Waals surface area contributed by atoms with Gasteiger partial charge in [0, 0.05) is 24.0 Å². The Morgan fingerprint density at radius 3 is 2.48 bits per heavy atom. The fraction of sp³-hybridized carbons (Fsp3) is 0.700. The molecule has 0 saturated heterocycles. The summed E-state index contributed by atoms with van der Waals surface area (Å²) in [5, 5.41) is 9.14. The quantitative estimate of drug-likeness (QED) is 0.635. The van der Waals surface area contributed by atoms with E-state index in [2.05, 4.69) is 16.0 Å². The standard InChI is InChI=1S/C20H26N4O3S2/c25-17(21-12-6-7-12)10-5-8-13-14(9-10)24-16(23-18(13)26)15(29-20(24)28)19(27)22-11-3-1-2-4-11/h10-14H,1-9H2,(H,21,25)(H,22,27)(H,23,26). The molecule has 2 heterocycles. The first-order valence-electron chi connectivity index (χ1n) is 10.7. The zero-order valence-electron chi connectivity index (χ0n) is 16.2. The topological polar surface area (TPSA) is 92.2 Å². The van der Waals surface area contributed by atoms with Crippen molar-refractivity contribution in [2.75, 3.05) is 5.32 Å². The maximum Gasteiger partial charge on any atom is 0.265 e. The van der Waals surface area contributed by atoms with Crippen LogP contribution >= 0.6 is 23.6 Å². The summed E-state index contributed by atoms with van der Waals surface area (Å²) in [7, 11) is 0. The predicted octanol–water partition coefficient (Wildman–Crippen LogP) is 3.14. The summed E-state index contributed by atoms with van der Waals surface area (Å²) in [6, 6.07) is 0.384. The highest BCUT2D eigenvalue weighted by molar-refractivity contribution is 7.73. The molecule has 156 valence electrons. The van der Waals surface area contributed by atoms with Crippen LogP contribution in [0.25, 0.3) is 0 Å². The van der Waals surface area contributed by atoms with Gasteiger partial charge in [0.15, 0.2) is 3.95 Å². The van der Waals surface area contributed by atoms with Crippen LogP contribution in [0.3, 0.4) is 0 Å². The second-order valence-electron chi connectivity index (χ2n) is 8.83. The van der Waals surface area contributed by atoms with Crippen molar-refractivity contribution in [2.24, 2.45) is 11.8 Å². The van der Waals surface area contributed by atoms with Gasteiger partial charge in [0.25, 0.3) is 5.91 Å². The highest BCUT2D eigenvalue weighted by Gasteiger charge is 2.44. The highest BCUT2D eigenvalue weighted by atomic mass is 32.1. The third kappa shape index (κ3) is 3.63. The van der Waals surface area contributed by atoms with E-state index >= 15 is 0 Å². The first-order chi connectivity index (χ1) is 14.0. The molecule has 7 nitrogen and oxygen atoms in total. The highest BCUT2D eigenvalue weighted by Crippen LogP contribution is 2.45. The van der Waals surface area contributed by atoms with E-state index in [1.807, 2.05) is 4.57 Å². The van der Waals surface area contributed by atoms with Gasteiger partial charge in [-0.25, -0.2) is 0 Å². The molecular formula is C20H26N4O3S2. The maximum atomic E-state index is 12.9. The molecule has 29 heavy (non-hydrogen) atoms. The minimum atomic E-state index is -0.195. The van der Waals surface area contributed by atoms with Crippen LogP contribution in [0.15, 0.2) is 0 Å². The Morgan fingerprint density at radius 2 is 1.76 bits per heavy atom. The Hall–Kier alpha value is -1.74. The summed E-state index contributed by atoms with van der Waals surface area (Å²) in [6.45, 7) is 0. The molecule has 3 atom stereocenters. The number of hydrogen-bond acceptors (Lipinski definition) is 5. The first kappa shape index (κ1) is 19.2. The minimum absolute atomic E-state index is 0.0567. The van der Waals surface area contributed by atoms with E-state index in [0.717, 1.165) is 44.9 Å². The number of carbonyl (C=O) groups excluding carboxylic acids is 3. The van der Waals surface area contributed by atoms with Crippen LogP contribution in [0, 0.1) is 15.8 Å². The van der Waals surface area contributed by atoms with Gasteiger partial charge in [-0.2, -0.15) is 0 Å². The summed E-state index contributed by atoms with van der Waals surface area (Å²) >= 11 is 6.86. The molecule has 0 aromatic carbocycles. The molecule has 0 radical (unpaired) electrons. The van der Waals surface area contributed by atoms with Crippen molar-refractivity contribution in [3.63, 3.8) is 0 Å². The Labute approximate surface area is 178 Å². The van der Waals surface area contributed by atoms with E-state index in [1.165, 1.54) is 11.3 Å². The number of nitrogens with zero attached hydrogens (tertiary/aromatic N) is 1. The Bertz CT molecular complexity index is 913. The van der Waals surface area contributed by atoms with E-state index < -0.39 is 0 Å². The second kappa shape index (κ2) is 7.50. The molecule has 3 saturated carbocycles. The average molecular weight is 435 g/mol. The van der Waals surface area contributed by atoms with Gasteiger partial charge < -0.3 is 20.5 Å². The van der Waals surface area contributed by atoms with Crippen LogP contribution < -0.4 is 16.0 Å². The van der Waals surface area contributed by atoms with E-state index in [0.29, 0.717) is 33.5 Å². The minimum Gasteiger partial charge on any atom is -0.353 e. The summed E-state index contributed by atoms with van der Waals surface area (Å²) in [4.78, 5) is 38.8. The molecule has 1 aliphatic heterocycles. The Morgan fingerprint density at radius 1 is 1.03 bits per heavy atom. The predicted molar refractivity (Wildman–Crippen MR) is 113 cm³/mol.